The van der Waals surface area contributed by atoms with Crippen molar-refractivity contribution in [1.82, 2.24) is 0 Å². The molecule has 0 aliphatic carbocycles. The topological polar surface area (TPSA) is 186 Å². The predicted octanol–water partition coefficient (Wildman–Crippen LogP) is -4.75. The number of nitrogens with zero attached hydrogens (tertiary/aromatic N) is 1. The molecule has 0 radical (unpaired) electrons. The zero-order valence-corrected chi connectivity index (χ0v) is 21.1. The van der Waals surface area contributed by atoms with Crippen LogP contribution >= 0.6 is 11.8 Å². The monoisotopic (exact) mass is 489 g/mol. The van der Waals surface area contributed by atoms with Gasteiger partial charge >= 0.3 is 51.4 Å². The molecular weight excluding hydrogens is 465 g/mol. The quantitative estimate of drug-likeness (QED) is 0.0439. The van der Waals surface area contributed by atoms with Gasteiger partial charge in [-0.25, -0.2) is 0 Å². The summed E-state index contributed by atoms with van der Waals surface area (Å²) in [6.07, 6.45) is -2.24. The molecule has 0 saturated carbocycles. The van der Waals surface area contributed by atoms with Crippen LogP contribution in [0.5, 0.6) is 0 Å². The molecule has 6 unspecified atom stereocenters. The van der Waals surface area contributed by atoms with Gasteiger partial charge in [0.1, 0.15) is 34.9 Å². The second-order valence-corrected chi connectivity index (χ2v) is 9.56. The molecule has 28 heavy (non-hydrogen) atoms. The normalized spacial score (nSPS) is 29.8. The Balaban J connectivity index is 0.00000729. The first-order valence-corrected chi connectivity index (χ1v) is 12.0. The van der Waals surface area contributed by atoms with Crippen LogP contribution in [0.4, 0.5) is 0 Å². The van der Waals surface area contributed by atoms with Crippen LogP contribution in [0.15, 0.2) is 5.16 Å². The van der Waals surface area contributed by atoms with Crippen LogP contribution in [0.25, 0.3) is 0 Å². The number of unbranched alkanes of at least 4 members (excludes halogenated alkanes) is 2. The summed E-state index contributed by atoms with van der Waals surface area (Å²) in [5.74, 6) is 0.512. The Morgan fingerprint density at radius 3 is 2.39 bits per heavy atom. The molecule has 1 saturated heterocycles. The van der Waals surface area contributed by atoms with Crippen LogP contribution in [0.2, 0.25) is 0 Å². The van der Waals surface area contributed by atoms with E-state index in [1.807, 2.05) is 0 Å². The number of aliphatic hydroxyl groups excluding tert-OH is 4. The molecule has 1 heterocycles. The van der Waals surface area contributed by atoms with Gasteiger partial charge in [0.25, 0.3) is 10.4 Å². The minimum Gasteiger partial charge on any atom is -0.714 e. The Labute approximate surface area is 213 Å². The second-order valence-electron chi connectivity index (χ2n) is 5.87. The molecule has 4 N–H and O–H groups in total. The molecule has 0 bridgehead atoms. The van der Waals surface area contributed by atoms with E-state index in [-0.39, 0.29) is 62.8 Å². The first kappa shape index (κ1) is 29.3. The summed E-state index contributed by atoms with van der Waals surface area (Å²) >= 11 is 0.711. The number of hydrogen-bond donors (Lipinski definition) is 4. The molecular formula is C13H24KNO10S3. The standard InChI is InChI=1S/C13H25NO10S3.K/c1-26(19)6-4-2-3-5-9(14-24-27(20,21)22)25-13-12(18)11(17)10(16)8(7-15)23-13;/h8,10-13,15-18H,2-7H2,1H3,(H,20,21,22);/q;+1/p-1. The van der Waals surface area contributed by atoms with Crippen LogP contribution < -0.4 is 51.4 Å². The van der Waals surface area contributed by atoms with Gasteiger partial charge < -0.3 is 29.7 Å². The van der Waals surface area contributed by atoms with E-state index >= 15 is 0 Å². The molecule has 1 rings (SSSR count). The smallest absolute Gasteiger partial charge is 0.714 e. The average Bonchev–Trinajstić information content (AvgIpc) is 2.58. The molecule has 15 heteroatoms. The summed E-state index contributed by atoms with van der Waals surface area (Å²) in [6.45, 7) is -0.617. The number of ether oxygens (including phenoxy) is 1. The number of hydrogen-bond acceptors (Lipinski definition) is 12. The van der Waals surface area contributed by atoms with Crippen molar-refractivity contribution in [3.8, 4) is 0 Å². The minimum atomic E-state index is -5.08. The first-order chi connectivity index (χ1) is 12.5. The van der Waals surface area contributed by atoms with Crippen molar-refractivity contribution in [2.24, 2.45) is 5.16 Å². The van der Waals surface area contributed by atoms with Gasteiger partial charge in [0, 0.05) is 22.8 Å². The molecule has 0 aromatic carbocycles. The Hall–Kier alpha value is 1.32. The van der Waals surface area contributed by atoms with Gasteiger partial charge in [-0.05, 0) is 19.3 Å². The number of rotatable bonds is 10. The maximum Gasteiger partial charge on any atom is 1.00 e. The molecule has 0 aromatic heterocycles. The first-order valence-electron chi connectivity index (χ1n) is 8.03. The fourth-order valence-corrected chi connectivity index (χ4v) is 4.22. The molecule has 0 amide bonds. The van der Waals surface area contributed by atoms with Gasteiger partial charge in [-0.1, -0.05) is 23.3 Å². The van der Waals surface area contributed by atoms with Gasteiger partial charge in [-0.2, -0.15) is 8.42 Å². The molecule has 0 aromatic rings. The van der Waals surface area contributed by atoms with Gasteiger partial charge in [-0.3, -0.25) is 8.49 Å². The van der Waals surface area contributed by atoms with Crippen molar-refractivity contribution < 1.29 is 98.0 Å². The molecule has 0 spiro atoms. The largest absolute Gasteiger partial charge is 1.00 e. The minimum absolute atomic E-state index is 0. The third-order valence-corrected chi connectivity index (χ3v) is 5.95. The van der Waals surface area contributed by atoms with Gasteiger partial charge in [-0.15, -0.1) is 0 Å². The number of oxime groups is 1. The van der Waals surface area contributed by atoms with Crippen molar-refractivity contribution >= 4 is 38.0 Å². The number of aliphatic hydroxyl groups is 4. The summed E-state index contributed by atoms with van der Waals surface area (Å²) in [4.78, 5) is 0. The predicted molar refractivity (Wildman–Crippen MR) is 97.0 cm³/mol. The number of thioether (sulfide) groups is 1. The Morgan fingerprint density at radius 2 is 1.86 bits per heavy atom. The Bertz CT molecular complexity index is 618. The summed E-state index contributed by atoms with van der Waals surface area (Å²) < 4.78 is 52.1. The van der Waals surface area contributed by atoms with Crippen LogP contribution in [0, 0.1) is 0 Å². The molecule has 1 aliphatic rings. The average molecular weight is 490 g/mol. The Kier molecular flexibility index (Phi) is 15.1. The Morgan fingerprint density at radius 1 is 1.21 bits per heavy atom. The zero-order valence-electron chi connectivity index (χ0n) is 15.5. The van der Waals surface area contributed by atoms with Crippen molar-refractivity contribution in [2.45, 2.75) is 55.5 Å². The van der Waals surface area contributed by atoms with Crippen molar-refractivity contribution in [2.75, 3.05) is 18.6 Å². The molecule has 1 fully saturated rings. The molecule has 1 aliphatic heterocycles. The fourth-order valence-electron chi connectivity index (χ4n) is 2.27. The maximum absolute atomic E-state index is 11.0. The maximum atomic E-state index is 11.0. The van der Waals surface area contributed by atoms with Crippen LogP contribution in [-0.2, 0) is 30.2 Å². The summed E-state index contributed by atoms with van der Waals surface area (Å²) in [7, 11) is -6.01. The zero-order chi connectivity index (χ0) is 20.6. The van der Waals surface area contributed by atoms with Crippen molar-refractivity contribution in [1.29, 1.82) is 0 Å². The summed E-state index contributed by atoms with van der Waals surface area (Å²) in [5.41, 5.74) is -1.18. The molecule has 6 atom stereocenters. The van der Waals surface area contributed by atoms with Crippen LogP contribution in [0.1, 0.15) is 25.7 Å². The third-order valence-electron chi connectivity index (χ3n) is 3.65. The van der Waals surface area contributed by atoms with E-state index in [1.165, 1.54) is 0 Å². The van der Waals surface area contributed by atoms with E-state index in [9.17, 15) is 37.6 Å². The van der Waals surface area contributed by atoms with Crippen molar-refractivity contribution in [3.05, 3.63) is 0 Å². The molecule has 160 valence electrons. The second kappa shape index (κ2) is 14.4. The van der Waals surface area contributed by atoms with E-state index in [0.717, 1.165) is 0 Å². The van der Waals surface area contributed by atoms with Gasteiger partial charge in [0.05, 0.1) is 6.61 Å². The van der Waals surface area contributed by atoms with E-state index in [1.54, 1.807) is 6.26 Å². The van der Waals surface area contributed by atoms with E-state index < -0.39 is 57.7 Å². The van der Waals surface area contributed by atoms with Gasteiger partial charge in [0.2, 0.25) is 0 Å². The summed E-state index contributed by atoms with van der Waals surface area (Å²) in [5, 5.41) is 42.0. The fraction of sp³-hybridized carbons (Fsp3) is 0.923. The van der Waals surface area contributed by atoms with E-state index in [0.29, 0.717) is 36.8 Å². The summed E-state index contributed by atoms with van der Waals surface area (Å²) in [6, 6.07) is 0. The van der Waals surface area contributed by atoms with Crippen LogP contribution in [0.3, 0.4) is 0 Å². The van der Waals surface area contributed by atoms with Crippen LogP contribution in [-0.4, -0.2) is 91.1 Å². The SMILES string of the molecule is CS(=O)CCCCCC(=NOS(=O)(=O)[O-])SC1OC(CO)C(O)C(O)C1O.[K+]. The third kappa shape index (κ3) is 11.1. The molecule has 11 nitrogen and oxygen atoms in total. The van der Waals surface area contributed by atoms with E-state index in [2.05, 4.69) is 9.44 Å². The van der Waals surface area contributed by atoms with E-state index in [4.69, 9.17) is 4.74 Å². The van der Waals surface area contributed by atoms with Crippen molar-refractivity contribution in [3.63, 3.8) is 0 Å². The van der Waals surface area contributed by atoms with Gasteiger partial charge in [0.15, 0.2) is 0 Å².